The summed E-state index contributed by atoms with van der Waals surface area (Å²) in [5.74, 6) is 0.424. The fourth-order valence-corrected chi connectivity index (χ4v) is 2.42. The molecule has 0 fully saturated rings. The van der Waals surface area contributed by atoms with E-state index in [0.29, 0.717) is 35.3 Å². The minimum absolute atomic E-state index is 0.145. The first-order chi connectivity index (χ1) is 12.5. The summed E-state index contributed by atoms with van der Waals surface area (Å²) in [5, 5.41) is 8.73. The molecule has 0 radical (unpaired) electrons. The summed E-state index contributed by atoms with van der Waals surface area (Å²) in [6.45, 7) is 4.31. The maximum Gasteiger partial charge on any atom is 0.319 e. The maximum absolute atomic E-state index is 12.2. The van der Waals surface area contributed by atoms with Crippen molar-refractivity contribution in [3.05, 3.63) is 53.1 Å². The molecule has 3 amide bonds. The number of rotatable bonds is 7. The zero-order valence-electron chi connectivity index (χ0n) is 14.8. The Balaban J connectivity index is 1.97. The number of amides is 3. The summed E-state index contributed by atoms with van der Waals surface area (Å²) in [4.78, 5) is 23.3. The van der Waals surface area contributed by atoms with Gasteiger partial charge in [-0.05, 0) is 42.3 Å². The number of anilines is 2. The average Bonchev–Trinajstić information content (AvgIpc) is 2.59. The van der Waals surface area contributed by atoms with Crippen molar-refractivity contribution in [2.75, 3.05) is 17.2 Å². The highest BCUT2D eigenvalue weighted by atomic mass is 35.5. The Morgan fingerprint density at radius 2 is 1.92 bits per heavy atom. The first-order valence-corrected chi connectivity index (χ1v) is 8.69. The Morgan fingerprint density at radius 1 is 1.12 bits per heavy atom. The van der Waals surface area contributed by atoms with Crippen molar-refractivity contribution in [3.8, 4) is 5.75 Å². The molecule has 0 bridgehead atoms. The number of carbonyl (C=O) groups excluding carboxylic acids is 2. The standard InChI is InChI=1S/C19H22ClN3O3/c1-3-9-26-18-8-7-15(20)11-17(18)23-19(25)21-12-14-5-4-6-16(10-14)22-13(2)24/h4-8,10-11H,3,9,12H2,1-2H3,(H,22,24)(H2,21,23,25). The SMILES string of the molecule is CCCOc1ccc(Cl)cc1NC(=O)NCc1cccc(NC(C)=O)c1. The van der Waals surface area contributed by atoms with Gasteiger partial charge in [-0.1, -0.05) is 30.7 Å². The van der Waals surface area contributed by atoms with Crippen LogP contribution in [0.15, 0.2) is 42.5 Å². The van der Waals surface area contributed by atoms with Crippen LogP contribution in [0.4, 0.5) is 16.2 Å². The highest BCUT2D eigenvalue weighted by molar-refractivity contribution is 6.31. The predicted octanol–water partition coefficient (Wildman–Crippen LogP) is 4.41. The summed E-state index contributed by atoms with van der Waals surface area (Å²) in [6, 6.07) is 12.0. The first kappa shape index (κ1) is 19.6. The van der Waals surface area contributed by atoms with Crippen molar-refractivity contribution in [1.29, 1.82) is 0 Å². The molecule has 3 N–H and O–H groups in total. The summed E-state index contributed by atoms with van der Waals surface area (Å²) in [6.07, 6.45) is 0.860. The zero-order chi connectivity index (χ0) is 18.9. The van der Waals surface area contributed by atoms with Crippen LogP contribution in [0.25, 0.3) is 0 Å². The molecule has 2 aromatic carbocycles. The second kappa shape index (κ2) is 9.68. The van der Waals surface area contributed by atoms with Crippen LogP contribution in [-0.4, -0.2) is 18.5 Å². The van der Waals surface area contributed by atoms with Crippen LogP contribution in [0.5, 0.6) is 5.75 Å². The molecule has 0 spiro atoms. The molecule has 0 saturated heterocycles. The largest absolute Gasteiger partial charge is 0.491 e. The van der Waals surface area contributed by atoms with E-state index < -0.39 is 0 Å². The third kappa shape index (κ3) is 6.29. The lowest BCUT2D eigenvalue weighted by atomic mass is 10.2. The van der Waals surface area contributed by atoms with Crippen molar-refractivity contribution in [3.63, 3.8) is 0 Å². The summed E-state index contributed by atoms with van der Waals surface area (Å²) >= 11 is 6.00. The molecule has 0 aliphatic carbocycles. The monoisotopic (exact) mass is 375 g/mol. The van der Waals surface area contributed by atoms with Gasteiger partial charge in [0.25, 0.3) is 0 Å². The van der Waals surface area contributed by atoms with Gasteiger partial charge in [-0.2, -0.15) is 0 Å². The van der Waals surface area contributed by atoms with Crippen LogP contribution in [0.2, 0.25) is 5.02 Å². The molecule has 138 valence electrons. The van der Waals surface area contributed by atoms with Crippen molar-refractivity contribution in [1.82, 2.24) is 5.32 Å². The van der Waals surface area contributed by atoms with Gasteiger partial charge >= 0.3 is 6.03 Å². The maximum atomic E-state index is 12.2. The van der Waals surface area contributed by atoms with Crippen LogP contribution < -0.4 is 20.7 Å². The number of urea groups is 1. The molecule has 0 unspecified atom stereocenters. The van der Waals surface area contributed by atoms with Crippen LogP contribution in [-0.2, 0) is 11.3 Å². The van der Waals surface area contributed by atoms with Gasteiger partial charge in [-0.3, -0.25) is 4.79 Å². The van der Waals surface area contributed by atoms with Crippen molar-refractivity contribution < 1.29 is 14.3 Å². The Bertz CT molecular complexity index is 780. The summed E-state index contributed by atoms with van der Waals surface area (Å²) in [5.41, 5.74) is 2.05. The molecule has 2 rings (SSSR count). The zero-order valence-corrected chi connectivity index (χ0v) is 15.5. The lowest BCUT2D eigenvalue weighted by Crippen LogP contribution is -2.28. The third-order valence-electron chi connectivity index (χ3n) is 3.35. The molecule has 26 heavy (non-hydrogen) atoms. The van der Waals surface area contributed by atoms with Gasteiger partial charge in [0.05, 0.1) is 12.3 Å². The van der Waals surface area contributed by atoms with Crippen molar-refractivity contribution in [2.45, 2.75) is 26.8 Å². The highest BCUT2D eigenvalue weighted by Gasteiger charge is 2.09. The molecular formula is C19H22ClN3O3. The van der Waals surface area contributed by atoms with Crippen LogP contribution >= 0.6 is 11.6 Å². The second-order valence-corrected chi connectivity index (χ2v) is 6.11. The Kier molecular flexibility index (Phi) is 7.29. The van der Waals surface area contributed by atoms with Gasteiger partial charge in [0.2, 0.25) is 5.91 Å². The average molecular weight is 376 g/mol. The molecule has 6 nitrogen and oxygen atoms in total. The lowest BCUT2D eigenvalue weighted by Gasteiger charge is -2.13. The lowest BCUT2D eigenvalue weighted by molar-refractivity contribution is -0.114. The normalized spacial score (nSPS) is 10.1. The number of ether oxygens (including phenoxy) is 1. The molecule has 0 saturated carbocycles. The number of hydrogen-bond donors (Lipinski definition) is 3. The van der Waals surface area contributed by atoms with Gasteiger partial charge in [0.1, 0.15) is 5.75 Å². The van der Waals surface area contributed by atoms with E-state index in [2.05, 4.69) is 16.0 Å². The fraction of sp³-hybridized carbons (Fsp3) is 0.263. The van der Waals surface area contributed by atoms with E-state index >= 15 is 0 Å². The van der Waals surface area contributed by atoms with Crippen molar-refractivity contribution in [2.24, 2.45) is 0 Å². The predicted molar refractivity (Wildman–Crippen MR) is 104 cm³/mol. The third-order valence-corrected chi connectivity index (χ3v) is 3.59. The Labute approximate surface area is 157 Å². The van der Waals surface area contributed by atoms with E-state index in [1.807, 2.05) is 19.1 Å². The smallest absolute Gasteiger partial charge is 0.319 e. The number of nitrogens with one attached hydrogen (secondary N) is 3. The van der Waals surface area contributed by atoms with E-state index in [0.717, 1.165) is 12.0 Å². The van der Waals surface area contributed by atoms with Gasteiger partial charge < -0.3 is 20.7 Å². The minimum atomic E-state index is -0.376. The van der Waals surface area contributed by atoms with Gasteiger partial charge in [-0.15, -0.1) is 0 Å². The fourth-order valence-electron chi connectivity index (χ4n) is 2.25. The number of halogens is 1. The van der Waals surface area contributed by atoms with E-state index in [1.165, 1.54) is 6.92 Å². The number of hydrogen-bond acceptors (Lipinski definition) is 3. The minimum Gasteiger partial charge on any atom is -0.491 e. The molecule has 2 aromatic rings. The van der Waals surface area contributed by atoms with Crippen LogP contribution in [0.3, 0.4) is 0 Å². The molecule has 0 atom stereocenters. The topological polar surface area (TPSA) is 79.5 Å². The summed E-state index contributed by atoms with van der Waals surface area (Å²) in [7, 11) is 0. The van der Waals surface area contributed by atoms with E-state index in [1.54, 1.807) is 30.3 Å². The van der Waals surface area contributed by atoms with Crippen LogP contribution in [0, 0.1) is 0 Å². The van der Waals surface area contributed by atoms with Gasteiger partial charge in [0, 0.05) is 24.2 Å². The van der Waals surface area contributed by atoms with Gasteiger partial charge in [0.15, 0.2) is 0 Å². The quantitative estimate of drug-likeness (QED) is 0.670. The molecule has 0 aromatic heterocycles. The van der Waals surface area contributed by atoms with E-state index in [9.17, 15) is 9.59 Å². The first-order valence-electron chi connectivity index (χ1n) is 8.31. The Morgan fingerprint density at radius 3 is 2.65 bits per heavy atom. The summed E-state index contributed by atoms with van der Waals surface area (Å²) < 4.78 is 5.62. The molecular weight excluding hydrogens is 354 g/mol. The molecule has 0 aliphatic rings. The van der Waals surface area contributed by atoms with Gasteiger partial charge in [-0.25, -0.2) is 4.79 Å². The van der Waals surface area contributed by atoms with E-state index in [4.69, 9.17) is 16.3 Å². The Hall–Kier alpha value is -2.73. The highest BCUT2D eigenvalue weighted by Crippen LogP contribution is 2.28. The number of benzene rings is 2. The van der Waals surface area contributed by atoms with Crippen LogP contribution in [0.1, 0.15) is 25.8 Å². The van der Waals surface area contributed by atoms with Crippen molar-refractivity contribution >= 4 is 34.9 Å². The molecule has 7 heteroatoms. The molecule has 0 aliphatic heterocycles. The number of carbonyl (C=O) groups is 2. The molecule has 0 heterocycles. The van der Waals surface area contributed by atoms with E-state index in [-0.39, 0.29) is 11.9 Å². The second-order valence-electron chi connectivity index (χ2n) is 5.68.